The van der Waals surface area contributed by atoms with Gasteiger partial charge in [-0.3, -0.25) is 4.90 Å². The molecule has 1 fully saturated rings. The number of aliphatic hydroxyl groups is 2. The van der Waals surface area contributed by atoms with E-state index in [2.05, 4.69) is 0 Å². The zero-order valence-electron chi connectivity index (χ0n) is 17.2. The van der Waals surface area contributed by atoms with Gasteiger partial charge in [0.15, 0.2) is 0 Å². The molecule has 2 atom stereocenters. The van der Waals surface area contributed by atoms with Gasteiger partial charge in [0.1, 0.15) is 17.2 Å². The molecule has 0 aliphatic carbocycles. The van der Waals surface area contributed by atoms with Crippen molar-refractivity contribution in [3.63, 3.8) is 0 Å². The summed E-state index contributed by atoms with van der Waals surface area (Å²) >= 11 is 0. The first-order chi connectivity index (χ1) is 15.4. The van der Waals surface area contributed by atoms with Gasteiger partial charge in [0.2, 0.25) is 0 Å². The van der Waals surface area contributed by atoms with E-state index < -0.39 is 36.0 Å². The number of amides is 1. The van der Waals surface area contributed by atoms with Gasteiger partial charge in [-0.2, -0.15) is 0 Å². The van der Waals surface area contributed by atoms with Gasteiger partial charge in [0.05, 0.1) is 12.7 Å². The Morgan fingerprint density at radius 2 is 1.81 bits per heavy atom. The van der Waals surface area contributed by atoms with E-state index in [-0.39, 0.29) is 12.0 Å². The van der Waals surface area contributed by atoms with E-state index in [0.29, 0.717) is 24.2 Å². The summed E-state index contributed by atoms with van der Waals surface area (Å²) in [6.45, 7) is -0.150. The Bertz CT molecular complexity index is 1110. The number of anilines is 1. The lowest BCUT2D eigenvalue weighted by Crippen LogP contribution is -2.49. The maximum absolute atomic E-state index is 14.2. The minimum Gasteiger partial charge on any atom is -0.437 e. The second-order valence-electron chi connectivity index (χ2n) is 7.84. The van der Waals surface area contributed by atoms with Crippen molar-refractivity contribution in [2.24, 2.45) is 0 Å². The number of cyclic esters (lactones) is 1. The minimum atomic E-state index is -1.07. The zero-order valence-corrected chi connectivity index (χ0v) is 17.2. The molecule has 3 aromatic carbocycles. The van der Waals surface area contributed by atoms with Crippen LogP contribution in [0, 0.1) is 11.6 Å². The predicted octanol–water partition coefficient (Wildman–Crippen LogP) is 4.62. The standard InChI is InChI=1S/C25H23F2NO4/c26-19-9-10-22(23(27)14-19)17-5-4-8-20(13-17)28-12-11-25(32-24(28)31,15-21(30)16-29)18-6-2-1-3-7-18/h1-10,13-14,21,29-30H,11-12,15-16H2/t21-,25+/m1/s1. The van der Waals surface area contributed by atoms with Gasteiger partial charge >= 0.3 is 6.09 Å². The third-order valence-electron chi connectivity index (χ3n) is 5.72. The van der Waals surface area contributed by atoms with Crippen LogP contribution in [0.5, 0.6) is 0 Å². The molecule has 0 aromatic heterocycles. The summed E-state index contributed by atoms with van der Waals surface area (Å²) < 4.78 is 33.4. The lowest BCUT2D eigenvalue weighted by atomic mass is 9.84. The maximum atomic E-state index is 14.2. The molecule has 166 valence electrons. The quantitative estimate of drug-likeness (QED) is 0.588. The minimum absolute atomic E-state index is 0.0634. The molecule has 1 aliphatic heterocycles. The van der Waals surface area contributed by atoms with Crippen molar-refractivity contribution in [3.8, 4) is 11.1 Å². The van der Waals surface area contributed by atoms with Crippen LogP contribution >= 0.6 is 0 Å². The van der Waals surface area contributed by atoms with E-state index in [1.165, 1.54) is 17.0 Å². The van der Waals surface area contributed by atoms with E-state index in [0.717, 1.165) is 11.6 Å². The smallest absolute Gasteiger partial charge is 0.415 e. The van der Waals surface area contributed by atoms with E-state index >= 15 is 0 Å². The first-order valence-corrected chi connectivity index (χ1v) is 10.3. The van der Waals surface area contributed by atoms with Gasteiger partial charge in [-0.05, 0) is 35.4 Å². The van der Waals surface area contributed by atoms with Crippen molar-refractivity contribution < 1.29 is 28.5 Å². The van der Waals surface area contributed by atoms with E-state index in [4.69, 9.17) is 4.74 Å². The van der Waals surface area contributed by atoms with Crippen molar-refractivity contribution in [2.75, 3.05) is 18.1 Å². The summed E-state index contributed by atoms with van der Waals surface area (Å²) in [5.74, 6) is -1.35. The highest BCUT2D eigenvalue weighted by molar-refractivity contribution is 5.90. The lowest BCUT2D eigenvalue weighted by molar-refractivity contribution is -0.0536. The third kappa shape index (κ3) is 4.35. The van der Waals surface area contributed by atoms with Crippen LogP contribution in [0.3, 0.4) is 0 Å². The molecule has 1 saturated heterocycles. The van der Waals surface area contributed by atoms with Crippen LogP contribution < -0.4 is 4.90 Å². The first kappa shape index (κ1) is 21.9. The number of rotatable bonds is 6. The molecule has 0 radical (unpaired) electrons. The largest absolute Gasteiger partial charge is 0.437 e. The second kappa shape index (κ2) is 9.06. The van der Waals surface area contributed by atoms with E-state index in [1.54, 1.807) is 24.3 Å². The van der Waals surface area contributed by atoms with Crippen molar-refractivity contribution in [1.29, 1.82) is 0 Å². The van der Waals surface area contributed by atoms with Crippen LogP contribution in [0.15, 0.2) is 72.8 Å². The maximum Gasteiger partial charge on any atom is 0.415 e. The molecule has 1 heterocycles. The Kier molecular flexibility index (Phi) is 6.21. The first-order valence-electron chi connectivity index (χ1n) is 10.3. The summed E-state index contributed by atoms with van der Waals surface area (Å²) in [4.78, 5) is 14.5. The van der Waals surface area contributed by atoms with Crippen molar-refractivity contribution in [3.05, 3.63) is 90.0 Å². The summed E-state index contributed by atoms with van der Waals surface area (Å²) in [5, 5.41) is 19.4. The Hall–Kier alpha value is -3.29. The Morgan fingerprint density at radius 1 is 1.03 bits per heavy atom. The molecule has 2 N–H and O–H groups in total. The average Bonchev–Trinajstić information content (AvgIpc) is 2.80. The van der Waals surface area contributed by atoms with Gasteiger partial charge < -0.3 is 14.9 Å². The van der Waals surface area contributed by atoms with Crippen molar-refractivity contribution in [2.45, 2.75) is 24.5 Å². The fraction of sp³-hybridized carbons (Fsp3) is 0.240. The third-order valence-corrected chi connectivity index (χ3v) is 5.72. The SMILES string of the molecule is O=C1O[C@@](C[C@@H](O)CO)(c2ccccc2)CCN1c1cccc(-c2ccc(F)cc2F)c1. The Morgan fingerprint density at radius 3 is 2.50 bits per heavy atom. The van der Waals surface area contributed by atoms with Gasteiger partial charge in [0, 0.05) is 36.7 Å². The molecular weight excluding hydrogens is 416 g/mol. The number of aliphatic hydroxyl groups excluding tert-OH is 2. The fourth-order valence-corrected chi connectivity index (χ4v) is 4.11. The van der Waals surface area contributed by atoms with Crippen LogP contribution in [0.25, 0.3) is 11.1 Å². The van der Waals surface area contributed by atoms with Crippen LogP contribution in [0.2, 0.25) is 0 Å². The van der Waals surface area contributed by atoms with Gasteiger partial charge in [0.25, 0.3) is 0 Å². The molecule has 0 spiro atoms. The molecule has 7 heteroatoms. The number of hydrogen-bond acceptors (Lipinski definition) is 4. The topological polar surface area (TPSA) is 70.0 Å². The Labute approximate surface area is 184 Å². The molecule has 3 aromatic rings. The van der Waals surface area contributed by atoms with E-state index in [1.807, 2.05) is 30.3 Å². The number of benzene rings is 3. The highest BCUT2D eigenvalue weighted by atomic mass is 19.1. The summed E-state index contributed by atoms with van der Waals surface area (Å²) in [6, 6.07) is 19.2. The predicted molar refractivity (Wildman–Crippen MR) is 116 cm³/mol. The monoisotopic (exact) mass is 439 g/mol. The fourth-order valence-electron chi connectivity index (χ4n) is 4.11. The van der Waals surface area contributed by atoms with Gasteiger partial charge in [-0.15, -0.1) is 0 Å². The number of nitrogens with zero attached hydrogens (tertiary/aromatic N) is 1. The van der Waals surface area contributed by atoms with Crippen LogP contribution in [0.1, 0.15) is 18.4 Å². The summed E-state index contributed by atoms with van der Waals surface area (Å²) in [6.07, 6.45) is -1.20. The molecule has 4 rings (SSSR count). The second-order valence-corrected chi connectivity index (χ2v) is 7.84. The summed E-state index contributed by atoms with van der Waals surface area (Å²) in [5.41, 5.74) is 0.910. The summed E-state index contributed by atoms with van der Waals surface area (Å²) in [7, 11) is 0. The lowest BCUT2D eigenvalue weighted by Gasteiger charge is -2.42. The molecule has 1 amide bonds. The van der Waals surface area contributed by atoms with Crippen LogP contribution in [-0.4, -0.2) is 35.6 Å². The van der Waals surface area contributed by atoms with Crippen LogP contribution in [-0.2, 0) is 10.3 Å². The van der Waals surface area contributed by atoms with E-state index in [9.17, 15) is 23.8 Å². The van der Waals surface area contributed by atoms with Gasteiger partial charge in [-0.25, -0.2) is 13.6 Å². The number of carbonyl (C=O) groups is 1. The molecule has 0 unspecified atom stereocenters. The molecule has 5 nitrogen and oxygen atoms in total. The van der Waals surface area contributed by atoms with Gasteiger partial charge in [-0.1, -0.05) is 42.5 Å². The van der Waals surface area contributed by atoms with Crippen molar-refractivity contribution >= 4 is 11.8 Å². The highest BCUT2D eigenvalue weighted by Gasteiger charge is 2.44. The molecule has 1 aliphatic rings. The average molecular weight is 439 g/mol. The van der Waals surface area contributed by atoms with Crippen LogP contribution in [0.4, 0.5) is 19.3 Å². The molecule has 0 saturated carbocycles. The zero-order chi connectivity index (χ0) is 22.7. The van der Waals surface area contributed by atoms with Crippen molar-refractivity contribution in [1.82, 2.24) is 0 Å². The normalized spacial score (nSPS) is 19.5. The molecular formula is C25H23F2NO4. The number of halogens is 2. The number of ether oxygens (including phenoxy) is 1. The molecule has 0 bridgehead atoms. The molecule has 32 heavy (non-hydrogen) atoms. The number of carbonyl (C=O) groups excluding carboxylic acids is 1. The highest BCUT2D eigenvalue weighted by Crippen LogP contribution is 2.40. The number of hydrogen-bond donors (Lipinski definition) is 2. The Balaban J connectivity index is 1.62.